The Morgan fingerprint density at radius 2 is 1.83 bits per heavy atom. The molecule has 2 aromatic heterocycles. The highest BCUT2D eigenvalue weighted by molar-refractivity contribution is 5.78. The van der Waals surface area contributed by atoms with Crippen LogP contribution >= 0.6 is 0 Å². The maximum atomic E-state index is 13.6. The first-order valence-electron chi connectivity index (χ1n) is 6.70. The van der Waals surface area contributed by atoms with Gasteiger partial charge in [0.1, 0.15) is 11.3 Å². The van der Waals surface area contributed by atoms with Crippen molar-refractivity contribution in [2.75, 3.05) is 5.32 Å². The largest absolute Gasteiger partial charge is 0.400 e. The molecular formula is C15H9F2N5O. The lowest BCUT2D eigenvalue weighted by atomic mass is 10.3. The van der Waals surface area contributed by atoms with Crippen LogP contribution in [0.5, 0.6) is 0 Å². The van der Waals surface area contributed by atoms with E-state index in [1.165, 1.54) is 30.3 Å². The summed E-state index contributed by atoms with van der Waals surface area (Å²) in [6.07, 6.45) is 0. The zero-order valence-electron chi connectivity index (χ0n) is 11.5. The van der Waals surface area contributed by atoms with Crippen LogP contribution in [0.3, 0.4) is 0 Å². The van der Waals surface area contributed by atoms with Crippen LogP contribution in [0.4, 0.5) is 20.5 Å². The summed E-state index contributed by atoms with van der Waals surface area (Å²) in [5.74, 6) is -0.393. The molecule has 114 valence electrons. The molecule has 0 spiro atoms. The predicted octanol–water partition coefficient (Wildman–Crippen LogP) is 3.63. The van der Waals surface area contributed by atoms with E-state index in [1.807, 2.05) is 0 Å². The molecule has 0 amide bonds. The van der Waals surface area contributed by atoms with Crippen molar-refractivity contribution in [3.05, 3.63) is 54.1 Å². The Morgan fingerprint density at radius 3 is 2.61 bits per heavy atom. The molecule has 0 bridgehead atoms. The maximum absolute atomic E-state index is 13.6. The van der Waals surface area contributed by atoms with Crippen molar-refractivity contribution in [3.8, 4) is 11.7 Å². The third-order valence-electron chi connectivity index (χ3n) is 3.19. The molecule has 0 aliphatic carbocycles. The number of halogens is 2. The van der Waals surface area contributed by atoms with Gasteiger partial charge in [0.2, 0.25) is 0 Å². The van der Waals surface area contributed by atoms with Gasteiger partial charge >= 0.3 is 6.01 Å². The number of nitrogens with zero attached hydrogens (tertiary/aromatic N) is 3. The lowest BCUT2D eigenvalue weighted by Crippen LogP contribution is -1.90. The molecule has 2 aromatic carbocycles. The van der Waals surface area contributed by atoms with Crippen molar-refractivity contribution in [1.82, 2.24) is 20.2 Å². The third-order valence-corrected chi connectivity index (χ3v) is 3.19. The summed E-state index contributed by atoms with van der Waals surface area (Å²) in [4.78, 5) is 7.02. The second-order valence-electron chi connectivity index (χ2n) is 4.77. The van der Waals surface area contributed by atoms with Gasteiger partial charge in [-0.1, -0.05) is 11.2 Å². The van der Waals surface area contributed by atoms with E-state index in [-0.39, 0.29) is 29.1 Å². The third kappa shape index (κ3) is 2.50. The predicted molar refractivity (Wildman–Crippen MR) is 79.0 cm³/mol. The number of anilines is 2. The first-order valence-corrected chi connectivity index (χ1v) is 6.70. The molecule has 0 radical (unpaired) electrons. The second-order valence-corrected chi connectivity index (χ2v) is 4.77. The molecule has 8 heteroatoms. The van der Waals surface area contributed by atoms with Crippen LogP contribution in [0, 0.1) is 11.6 Å². The maximum Gasteiger partial charge on any atom is 0.320 e. The highest BCUT2D eigenvalue weighted by atomic mass is 19.1. The smallest absolute Gasteiger partial charge is 0.320 e. The Labute approximate surface area is 128 Å². The molecule has 0 saturated heterocycles. The van der Waals surface area contributed by atoms with Gasteiger partial charge in [-0.15, -0.1) is 5.10 Å². The van der Waals surface area contributed by atoms with Gasteiger partial charge in [0.15, 0.2) is 11.6 Å². The fourth-order valence-corrected chi connectivity index (χ4v) is 2.12. The van der Waals surface area contributed by atoms with Crippen LogP contribution in [0.15, 0.2) is 46.9 Å². The molecule has 0 unspecified atom stereocenters. The minimum Gasteiger partial charge on any atom is -0.400 e. The molecule has 4 rings (SSSR count). The number of imidazole rings is 1. The van der Waals surface area contributed by atoms with Crippen LogP contribution < -0.4 is 5.32 Å². The van der Waals surface area contributed by atoms with Gasteiger partial charge in [-0.25, -0.2) is 13.8 Å². The number of hydrogen-bond donors (Lipinski definition) is 2. The standard InChI is InChI=1S/C15H9F2N5O/c16-8-4-6-9(7-5-8)18-15-22-21-14(23-15)13-19-11-3-1-2-10(17)12(11)20-13/h1-7H,(H,18,22)(H,19,20). The number of para-hydroxylation sites is 1. The first kappa shape index (κ1) is 13.4. The number of aromatic nitrogens is 4. The Morgan fingerprint density at radius 1 is 1.00 bits per heavy atom. The monoisotopic (exact) mass is 313 g/mol. The SMILES string of the molecule is Fc1ccc(Nc2nnc(-c3nc4c(F)cccc4[nH]3)o2)cc1. The van der Waals surface area contributed by atoms with E-state index in [4.69, 9.17) is 4.42 Å². The van der Waals surface area contributed by atoms with Crippen LogP contribution in [0.1, 0.15) is 0 Å². The van der Waals surface area contributed by atoms with Crippen LogP contribution in [-0.4, -0.2) is 20.2 Å². The quantitative estimate of drug-likeness (QED) is 0.603. The van der Waals surface area contributed by atoms with Crippen LogP contribution in [-0.2, 0) is 0 Å². The van der Waals surface area contributed by atoms with Gasteiger partial charge in [-0.3, -0.25) is 0 Å². The lowest BCUT2D eigenvalue weighted by Gasteiger charge is -1.99. The molecule has 4 aromatic rings. The summed E-state index contributed by atoms with van der Waals surface area (Å²) in [5, 5.41) is 10.5. The minimum absolute atomic E-state index is 0.116. The van der Waals surface area contributed by atoms with Crippen LogP contribution in [0.25, 0.3) is 22.7 Å². The summed E-state index contributed by atoms with van der Waals surface area (Å²) in [6, 6.07) is 10.4. The molecule has 0 saturated carbocycles. The van der Waals surface area contributed by atoms with E-state index in [0.29, 0.717) is 11.2 Å². The molecule has 6 nitrogen and oxygen atoms in total. The molecule has 0 fully saturated rings. The van der Waals surface area contributed by atoms with E-state index in [9.17, 15) is 8.78 Å². The number of nitrogens with one attached hydrogen (secondary N) is 2. The number of aromatic amines is 1. The average molecular weight is 313 g/mol. The van der Waals surface area contributed by atoms with Gasteiger partial charge in [0.05, 0.1) is 5.52 Å². The van der Waals surface area contributed by atoms with Crippen molar-refractivity contribution < 1.29 is 13.2 Å². The molecule has 2 N–H and O–H groups in total. The molecule has 2 heterocycles. The van der Waals surface area contributed by atoms with E-state index < -0.39 is 5.82 Å². The molecule has 23 heavy (non-hydrogen) atoms. The normalized spacial score (nSPS) is 11.0. The summed E-state index contributed by atoms with van der Waals surface area (Å²) < 4.78 is 31.9. The Balaban J connectivity index is 1.63. The fraction of sp³-hybridized carbons (Fsp3) is 0. The van der Waals surface area contributed by atoms with Gasteiger partial charge in [-0.05, 0) is 36.4 Å². The van der Waals surface area contributed by atoms with Crippen molar-refractivity contribution in [1.29, 1.82) is 0 Å². The molecular weight excluding hydrogens is 304 g/mol. The van der Waals surface area contributed by atoms with Gasteiger partial charge in [0.25, 0.3) is 5.89 Å². The highest BCUT2D eigenvalue weighted by Crippen LogP contribution is 2.23. The van der Waals surface area contributed by atoms with Crippen molar-refractivity contribution in [2.24, 2.45) is 0 Å². The van der Waals surface area contributed by atoms with Crippen LogP contribution in [0.2, 0.25) is 0 Å². The van der Waals surface area contributed by atoms with E-state index >= 15 is 0 Å². The number of H-pyrrole nitrogens is 1. The zero-order valence-corrected chi connectivity index (χ0v) is 11.5. The van der Waals surface area contributed by atoms with Crippen molar-refractivity contribution >= 4 is 22.7 Å². The fourth-order valence-electron chi connectivity index (χ4n) is 2.12. The van der Waals surface area contributed by atoms with Gasteiger partial charge < -0.3 is 14.7 Å². The summed E-state index contributed by atoms with van der Waals surface area (Å²) in [5.41, 5.74) is 1.33. The number of hydrogen-bond acceptors (Lipinski definition) is 5. The summed E-state index contributed by atoms with van der Waals surface area (Å²) in [6.45, 7) is 0. The molecule has 0 atom stereocenters. The van der Waals surface area contributed by atoms with Crippen molar-refractivity contribution in [3.63, 3.8) is 0 Å². The van der Waals surface area contributed by atoms with E-state index in [2.05, 4.69) is 25.5 Å². The second kappa shape index (κ2) is 5.16. The lowest BCUT2D eigenvalue weighted by molar-refractivity contribution is 0.583. The number of benzene rings is 2. The van der Waals surface area contributed by atoms with E-state index in [1.54, 1.807) is 12.1 Å². The van der Waals surface area contributed by atoms with E-state index in [0.717, 1.165) is 0 Å². The van der Waals surface area contributed by atoms with Gasteiger partial charge in [-0.2, -0.15) is 0 Å². The topological polar surface area (TPSA) is 79.6 Å². The number of fused-ring (bicyclic) bond motifs is 1. The Hall–Kier alpha value is -3.29. The summed E-state index contributed by atoms with van der Waals surface area (Å²) >= 11 is 0. The van der Waals surface area contributed by atoms with Crippen molar-refractivity contribution in [2.45, 2.75) is 0 Å². The Bertz CT molecular complexity index is 977. The first-order chi connectivity index (χ1) is 11.2. The highest BCUT2D eigenvalue weighted by Gasteiger charge is 2.14. The average Bonchev–Trinajstić information content (AvgIpc) is 3.17. The van der Waals surface area contributed by atoms with Gasteiger partial charge in [0, 0.05) is 5.69 Å². The molecule has 0 aliphatic rings. The zero-order chi connectivity index (χ0) is 15.8. The summed E-state index contributed by atoms with van der Waals surface area (Å²) in [7, 11) is 0. The number of rotatable bonds is 3. The molecule has 0 aliphatic heterocycles. The minimum atomic E-state index is -0.436. The Kier molecular flexibility index (Phi) is 3.00.